The first-order chi connectivity index (χ1) is 14.9. The Labute approximate surface area is 183 Å². The molecule has 4 aromatic rings. The SMILES string of the molecule is CS(=O)(=O)N1Cc2ccccc2C[C@H]1C(=O)Nc1nc(-c2c[nH]c3ccccc23)cs1. The van der Waals surface area contributed by atoms with Crippen molar-refractivity contribution in [3.63, 3.8) is 0 Å². The summed E-state index contributed by atoms with van der Waals surface area (Å²) in [6.07, 6.45) is 3.37. The van der Waals surface area contributed by atoms with Crippen molar-refractivity contribution in [1.82, 2.24) is 14.3 Å². The summed E-state index contributed by atoms with van der Waals surface area (Å²) in [5.74, 6) is -0.375. The number of carbonyl (C=O) groups is 1. The molecule has 1 amide bonds. The summed E-state index contributed by atoms with van der Waals surface area (Å²) in [6.45, 7) is 0.186. The fraction of sp³-hybridized carbons (Fsp3) is 0.182. The average Bonchev–Trinajstić information content (AvgIpc) is 3.38. The van der Waals surface area contributed by atoms with Crippen molar-refractivity contribution >= 4 is 43.3 Å². The Balaban J connectivity index is 1.41. The molecule has 0 spiro atoms. The van der Waals surface area contributed by atoms with Crippen LogP contribution in [0.4, 0.5) is 5.13 Å². The van der Waals surface area contributed by atoms with Gasteiger partial charge in [0.2, 0.25) is 15.9 Å². The van der Waals surface area contributed by atoms with Gasteiger partial charge in [-0.2, -0.15) is 4.31 Å². The Kier molecular flexibility index (Phi) is 4.88. The lowest BCUT2D eigenvalue weighted by Crippen LogP contribution is -2.50. The minimum Gasteiger partial charge on any atom is -0.360 e. The van der Waals surface area contributed by atoms with E-state index in [-0.39, 0.29) is 12.5 Å². The van der Waals surface area contributed by atoms with Crippen LogP contribution >= 0.6 is 11.3 Å². The van der Waals surface area contributed by atoms with Gasteiger partial charge in [0.1, 0.15) is 6.04 Å². The second-order valence-corrected chi connectivity index (χ2v) is 10.4. The normalized spacial score (nSPS) is 16.9. The van der Waals surface area contributed by atoms with Crippen molar-refractivity contribution in [2.75, 3.05) is 11.6 Å². The number of para-hydroxylation sites is 1. The number of nitrogens with one attached hydrogen (secondary N) is 2. The molecule has 1 aliphatic heterocycles. The molecule has 1 atom stereocenters. The van der Waals surface area contributed by atoms with E-state index in [1.165, 1.54) is 15.6 Å². The van der Waals surface area contributed by atoms with Gasteiger partial charge in [-0.15, -0.1) is 11.3 Å². The van der Waals surface area contributed by atoms with Gasteiger partial charge in [0.25, 0.3) is 0 Å². The topological polar surface area (TPSA) is 95.2 Å². The summed E-state index contributed by atoms with van der Waals surface area (Å²) in [6, 6.07) is 14.7. The molecular formula is C22H20N4O3S2. The van der Waals surface area contributed by atoms with E-state index in [0.29, 0.717) is 11.6 Å². The van der Waals surface area contributed by atoms with Crippen molar-refractivity contribution < 1.29 is 13.2 Å². The maximum absolute atomic E-state index is 13.1. The number of carbonyl (C=O) groups excluding carboxylic acids is 1. The smallest absolute Gasteiger partial charge is 0.244 e. The number of amides is 1. The van der Waals surface area contributed by atoms with Crippen LogP contribution < -0.4 is 5.32 Å². The number of hydrogen-bond donors (Lipinski definition) is 2. The summed E-state index contributed by atoms with van der Waals surface area (Å²) in [5.41, 5.74) is 4.64. The van der Waals surface area contributed by atoms with Crippen molar-refractivity contribution in [2.24, 2.45) is 0 Å². The number of hydrogen-bond acceptors (Lipinski definition) is 5. The minimum absolute atomic E-state index is 0.186. The van der Waals surface area contributed by atoms with Crippen molar-refractivity contribution in [3.05, 3.63) is 71.2 Å². The van der Waals surface area contributed by atoms with Crippen LogP contribution in [0, 0.1) is 0 Å². The highest BCUT2D eigenvalue weighted by Gasteiger charge is 2.37. The van der Waals surface area contributed by atoms with E-state index in [0.717, 1.165) is 39.5 Å². The monoisotopic (exact) mass is 452 g/mol. The fourth-order valence-corrected chi connectivity index (χ4v) is 5.72. The van der Waals surface area contributed by atoms with Crippen molar-refractivity contribution in [3.8, 4) is 11.3 Å². The molecule has 0 radical (unpaired) electrons. The summed E-state index contributed by atoms with van der Waals surface area (Å²) < 4.78 is 26.0. The molecule has 0 saturated heterocycles. The van der Waals surface area contributed by atoms with Crippen LogP contribution in [0.1, 0.15) is 11.1 Å². The first kappa shape index (κ1) is 19.9. The van der Waals surface area contributed by atoms with Crippen LogP contribution in [-0.2, 0) is 27.8 Å². The molecule has 1 aliphatic rings. The Morgan fingerprint density at radius 3 is 2.71 bits per heavy atom. The maximum atomic E-state index is 13.1. The average molecular weight is 453 g/mol. The molecule has 31 heavy (non-hydrogen) atoms. The summed E-state index contributed by atoms with van der Waals surface area (Å²) in [4.78, 5) is 20.9. The largest absolute Gasteiger partial charge is 0.360 e. The van der Waals surface area contributed by atoms with Crippen LogP contribution in [-0.4, -0.2) is 40.9 Å². The van der Waals surface area contributed by atoms with Crippen LogP contribution in [0.25, 0.3) is 22.2 Å². The van der Waals surface area contributed by atoms with Gasteiger partial charge < -0.3 is 10.3 Å². The molecule has 7 nitrogen and oxygen atoms in total. The zero-order chi connectivity index (χ0) is 21.6. The second-order valence-electron chi connectivity index (χ2n) is 7.57. The molecule has 0 bridgehead atoms. The number of aromatic nitrogens is 2. The third-order valence-corrected chi connectivity index (χ3v) is 7.53. The summed E-state index contributed by atoms with van der Waals surface area (Å²) in [5, 5.41) is 6.21. The molecule has 2 N–H and O–H groups in total. The van der Waals surface area contributed by atoms with E-state index in [4.69, 9.17) is 0 Å². The number of benzene rings is 2. The van der Waals surface area contributed by atoms with Gasteiger partial charge in [-0.05, 0) is 23.6 Å². The number of sulfonamides is 1. The maximum Gasteiger partial charge on any atom is 0.244 e. The van der Waals surface area contributed by atoms with E-state index < -0.39 is 16.1 Å². The highest BCUT2D eigenvalue weighted by atomic mass is 32.2. The van der Waals surface area contributed by atoms with Gasteiger partial charge in [-0.3, -0.25) is 4.79 Å². The Hall–Kier alpha value is -3.01. The standard InChI is InChI=1S/C22H20N4O3S2/c1-31(28,29)26-12-15-7-3-2-6-14(15)10-20(26)21(27)25-22-24-19(13-30-22)17-11-23-18-9-5-4-8-16(17)18/h2-9,11,13,20,23H,10,12H2,1H3,(H,24,25,27)/t20-/m0/s1. The van der Waals surface area contributed by atoms with Crippen LogP contribution in [0.3, 0.4) is 0 Å². The molecule has 9 heteroatoms. The number of fused-ring (bicyclic) bond motifs is 2. The zero-order valence-corrected chi connectivity index (χ0v) is 18.3. The van der Waals surface area contributed by atoms with Crippen LogP contribution in [0.2, 0.25) is 0 Å². The predicted octanol–water partition coefficient (Wildman–Crippen LogP) is 3.62. The highest BCUT2D eigenvalue weighted by molar-refractivity contribution is 7.88. The Morgan fingerprint density at radius 2 is 1.90 bits per heavy atom. The molecule has 0 aliphatic carbocycles. The molecule has 158 valence electrons. The van der Waals surface area contributed by atoms with E-state index >= 15 is 0 Å². The molecule has 0 fully saturated rings. The van der Waals surface area contributed by atoms with Crippen LogP contribution in [0.15, 0.2) is 60.1 Å². The molecule has 5 rings (SSSR count). The molecule has 0 unspecified atom stereocenters. The third kappa shape index (κ3) is 3.76. The van der Waals surface area contributed by atoms with Gasteiger partial charge in [0.15, 0.2) is 5.13 Å². The third-order valence-electron chi connectivity index (χ3n) is 5.53. The molecule has 0 saturated carbocycles. The zero-order valence-electron chi connectivity index (χ0n) is 16.7. The van der Waals surface area contributed by atoms with Gasteiger partial charge >= 0.3 is 0 Å². The number of anilines is 1. The number of aromatic amines is 1. The first-order valence-corrected chi connectivity index (χ1v) is 12.5. The highest BCUT2D eigenvalue weighted by Crippen LogP contribution is 2.32. The molecular weight excluding hydrogens is 432 g/mol. The minimum atomic E-state index is -3.56. The molecule has 3 heterocycles. The summed E-state index contributed by atoms with van der Waals surface area (Å²) in [7, 11) is -3.56. The van der Waals surface area contributed by atoms with Crippen LogP contribution in [0.5, 0.6) is 0 Å². The van der Waals surface area contributed by atoms with E-state index in [9.17, 15) is 13.2 Å². The number of rotatable bonds is 4. The van der Waals surface area contributed by atoms with Gasteiger partial charge in [0.05, 0.1) is 11.9 Å². The number of H-pyrrole nitrogens is 1. The van der Waals surface area contributed by atoms with Crippen molar-refractivity contribution in [1.29, 1.82) is 0 Å². The number of nitrogens with zero attached hydrogens (tertiary/aromatic N) is 2. The van der Waals surface area contributed by atoms with E-state index in [1.807, 2.05) is 60.1 Å². The van der Waals surface area contributed by atoms with E-state index in [1.54, 1.807) is 0 Å². The Morgan fingerprint density at radius 1 is 1.16 bits per heavy atom. The van der Waals surface area contributed by atoms with Gasteiger partial charge in [-0.25, -0.2) is 13.4 Å². The second kappa shape index (κ2) is 7.60. The fourth-order valence-electron chi connectivity index (χ4n) is 4.00. The quantitative estimate of drug-likeness (QED) is 0.494. The molecule has 2 aromatic heterocycles. The summed E-state index contributed by atoms with van der Waals surface area (Å²) >= 11 is 1.32. The lowest BCUT2D eigenvalue weighted by atomic mass is 9.95. The lowest BCUT2D eigenvalue weighted by Gasteiger charge is -2.33. The van der Waals surface area contributed by atoms with E-state index in [2.05, 4.69) is 15.3 Å². The first-order valence-electron chi connectivity index (χ1n) is 9.76. The van der Waals surface area contributed by atoms with Gasteiger partial charge in [0, 0.05) is 34.6 Å². The number of thiazole rings is 1. The predicted molar refractivity (Wildman–Crippen MR) is 122 cm³/mol. The van der Waals surface area contributed by atoms with Gasteiger partial charge in [-0.1, -0.05) is 42.5 Å². The van der Waals surface area contributed by atoms with Crippen molar-refractivity contribution in [2.45, 2.75) is 19.0 Å². The molecule has 2 aromatic carbocycles. The Bertz CT molecular complexity index is 1390. The lowest BCUT2D eigenvalue weighted by molar-refractivity contribution is -0.120.